The van der Waals surface area contributed by atoms with Crippen LogP contribution in [-0.2, 0) is 9.59 Å². The summed E-state index contributed by atoms with van der Waals surface area (Å²) in [6, 6.07) is 0. The van der Waals surface area contributed by atoms with Gasteiger partial charge in [0.25, 0.3) is 0 Å². The van der Waals surface area contributed by atoms with Gasteiger partial charge >= 0.3 is 0 Å². The van der Waals surface area contributed by atoms with Crippen molar-refractivity contribution in [2.75, 3.05) is 6.54 Å². The van der Waals surface area contributed by atoms with Crippen molar-refractivity contribution in [3.63, 3.8) is 0 Å². The molecule has 4 heteroatoms. The molecule has 0 aliphatic carbocycles. The average molecular weight is 397 g/mol. The molecule has 0 spiro atoms. The Labute approximate surface area is 175 Å². The lowest BCUT2D eigenvalue weighted by Gasteiger charge is -2.21. The molecule has 2 amide bonds. The summed E-state index contributed by atoms with van der Waals surface area (Å²) >= 11 is 0. The van der Waals surface area contributed by atoms with Crippen molar-refractivity contribution in [1.29, 1.82) is 0 Å². The molecule has 0 radical (unpaired) electrons. The average Bonchev–Trinajstić information content (AvgIpc) is 2.69. The summed E-state index contributed by atoms with van der Waals surface area (Å²) in [5, 5.41) is 1.49. The van der Waals surface area contributed by atoms with Gasteiger partial charge in [0.15, 0.2) is 0 Å². The normalized spacial score (nSPS) is 10.8. The lowest BCUT2D eigenvalue weighted by Crippen LogP contribution is -2.45. The summed E-state index contributed by atoms with van der Waals surface area (Å²) in [6.45, 7) is 6.83. The lowest BCUT2D eigenvalue weighted by atomic mass is 10.0. The van der Waals surface area contributed by atoms with E-state index in [1.54, 1.807) is 0 Å². The number of carbonyl (C=O) groups is 2. The first-order valence-corrected chi connectivity index (χ1v) is 12.3. The summed E-state index contributed by atoms with van der Waals surface area (Å²) in [4.78, 5) is 24.1. The van der Waals surface area contributed by atoms with Gasteiger partial charge in [0.2, 0.25) is 11.8 Å². The van der Waals surface area contributed by atoms with E-state index in [2.05, 4.69) is 19.3 Å². The summed E-state index contributed by atoms with van der Waals surface area (Å²) in [5.74, 6) is 0.0171. The van der Waals surface area contributed by atoms with Crippen LogP contribution < -0.4 is 5.43 Å². The molecule has 0 aromatic carbocycles. The summed E-state index contributed by atoms with van der Waals surface area (Å²) < 4.78 is 0. The van der Waals surface area contributed by atoms with E-state index in [0.29, 0.717) is 19.4 Å². The molecule has 0 atom stereocenters. The Morgan fingerprint density at radius 3 is 1.43 bits per heavy atom. The molecule has 0 aliphatic heterocycles. The van der Waals surface area contributed by atoms with Gasteiger partial charge in [-0.05, 0) is 19.8 Å². The first kappa shape index (κ1) is 26.9. The molecule has 1 N–H and O–H groups in total. The van der Waals surface area contributed by atoms with Crippen LogP contribution in [-0.4, -0.2) is 23.4 Å². The van der Waals surface area contributed by atoms with Crippen LogP contribution in [0.25, 0.3) is 0 Å². The first-order chi connectivity index (χ1) is 13.7. The standard InChI is InChI=1S/C24H48N2O2/c1-4-7-9-10-11-12-13-14-15-16-17-18-20-21-23(27)25-26(6-3)24(28)22-19-8-5-2/h4-22H2,1-3H3,(H,25,27). The van der Waals surface area contributed by atoms with E-state index >= 15 is 0 Å². The molecule has 166 valence electrons. The molecule has 0 fully saturated rings. The van der Waals surface area contributed by atoms with Gasteiger partial charge in [0.05, 0.1) is 0 Å². The second kappa shape index (κ2) is 20.7. The van der Waals surface area contributed by atoms with Crippen LogP contribution in [0.1, 0.15) is 136 Å². The monoisotopic (exact) mass is 396 g/mol. The predicted molar refractivity (Wildman–Crippen MR) is 120 cm³/mol. The van der Waals surface area contributed by atoms with Gasteiger partial charge in [0.1, 0.15) is 0 Å². The third kappa shape index (κ3) is 17.1. The fraction of sp³-hybridized carbons (Fsp3) is 0.917. The van der Waals surface area contributed by atoms with Crippen LogP contribution in [0.15, 0.2) is 0 Å². The Morgan fingerprint density at radius 2 is 0.964 bits per heavy atom. The van der Waals surface area contributed by atoms with Crippen LogP contribution >= 0.6 is 0 Å². The summed E-state index contributed by atoms with van der Waals surface area (Å²) in [5.41, 5.74) is 2.78. The highest BCUT2D eigenvalue weighted by Crippen LogP contribution is 2.13. The van der Waals surface area contributed by atoms with Crippen molar-refractivity contribution < 1.29 is 9.59 Å². The van der Waals surface area contributed by atoms with Gasteiger partial charge in [-0.15, -0.1) is 0 Å². The van der Waals surface area contributed by atoms with Crippen molar-refractivity contribution >= 4 is 11.8 Å². The van der Waals surface area contributed by atoms with Crippen molar-refractivity contribution in [1.82, 2.24) is 10.4 Å². The van der Waals surface area contributed by atoms with Crippen LogP contribution in [0.2, 0.25) is 0 Å². The molecule has 0 saturated carbocycles. The van der Waals surface area contributed by atoms with Crippen LogP contribution in [0.4, 0.5) is 0 Å². The Morgan fingerprint density at radius 1 is 0.571 bits per heavy atom. The van der Waals surface area contributed by atoms with Crippen molar-refractivity contribution in [2.24, 2.45) is 0 Å². The highest BCUT2D eigenvalue weighted by molar-refractivity contribution is 5.82. The Hall–Kier alpha value is -1.06. The zero-order valence-corrected chi connectivity index (χ0v) is 19.2. The molecule has 0 heterocycles. The van der Waals surface area contributed by atoms with Crippen LogP contribution in [0.3, 0.4) is 0 Å². The summed E-state index contributed by atoms with van der Waals surface area (Å²) in [7, 11) is 0. The van der Waals surface area contributed by atoms with E-state index in [4.69, 9.17) is 0 Å². The zero-order valence-electron chi connectivity index (χ0n) is 19.2. The maximum atomic E-state index is 12.1. The Bertz CT molecular complexity index is 372. The molecular weight excluding hydrogens is 348 g/mol. The number of hydrazine groups is 1. The molecule has 0 bridgehead atoms. The van der Waals surface area contributed by atoms with Gasteiger partial charge in [-0.3, -0.25) is 20.0 Å². The number of amides is 2. The second-order valence-corrected chi connectivity index (χ2v) is 8.12. The highest BCUT2D eigenvalue weighted by Gasteiger charge is 2.13. The molecule has 0 aromatic heterocycles. The number of nitrogens with one attached hydrogen (secondary N) is 1. The smallest absolute Gasteiger partial charge is 0.240 e. The Kier molecular flexibility index (Phi) is 19.9. The number of hydrogen-bond donors (Lipinski definition) is 1. The molecular formula is C24H48N2O2. The molecule has 28 heavy (non-hydrogen) atoms. The van der Waals surface area contributed by atoms with Crippen molar-refractivity contribution in [3.05, 3.63) is 0 Å². The van der Waals surface area contributed by atoms with Crippen LogP contribution in [0, 0.1) is 0 Å². The van der Waals surface area contributed by atoms with E-state index in [9.17, 15) is 9.59 Å². The number of unbranched alkanes of at least 4 members (excludes halogenated alkanes) is 14. The van der Waals surface area contributed by atoms with Gasteiger partial charge in [0, 0.05) is 19.4 Å². The zero-order chi connectivity index (χ0) is 20.9. The minimum Gasteiger partial charge on any atom is -0.273 e. The van der Waals surface area contributed by atoms with Crippen molar-refractivity contribution in [2.45, 2.75) is 136 Å². The first-order valence-electron chi connectivity index (χ1n) is 12.3. The van der Waals surface area contributed by atoms with Crippen molar-refractivity contribution in [3.8, 4) is 0 Å². The van der Waals surface area contributed by atoms with E-state index in [1.807, 2.05) is 6.92 Å². The Balaban J connectivity index is 3.52. The minimum absolute atomic E-state index is 0.0197. The number of carbonyl (C=O) groups excluding carboxylic acids is 2. The molecule has 0 aromatic rings. The lowest BCUT2D eigenvalue weighted by molar-refractivity contribution is -0.141. The molecule has 0 unspecified atom stereocenters. The van der Waals surface area contributed by atoms with Gasteiger partial charge in [-0.2, -0.15) is 0 Å². The van der Waals surface area contributed by atoms with Gasteiger partial charge in [-0.1, -0.05) is 104 Å². The molecule has 0 saturated heterocycles. The number of nitrogens with zero attached hydrogens (tertiary/aromatic N) is 1. The number of rotatable bonds is 19. The second-order valence-electron chi connectivity index (χ2n) is 8.12. The largest absolute Gasteiger partial charge is 0.273 e. The maximum absolute atomic E-state index is 12.1. The number of hydrogen-bond acceptors (Lipinski definition) is 2. The molecule has 4 nitrogen and oxygen atoms in total. The molecule has 0 aliphatic rings. The van der Waals surface area contributed by atoms with E-state index in [1.165, 1.54) is 75.6 Å². The van der Waals surface area contributed by atoms with Crippen LogP contribution in [0.5, 0.6) is 0 Å². The van der Waals surface area contributed by atoms with E-state index in [0.717, 1.165) is 32.1 Å². The summed E-state index contributed by atoms with van der Waals surface area (Å²) in [6.07, 6.45) is 21.1. The molecule has 0 rings (SSSR count). The SMILES string of the molecule is CCCCCCCCCCCCCCCC(=O)NN(CC)C(=O)CCCCC. The third-order valence-electron chi connectivity index (χ3n) is 5.38. The quantitative estimate of drug-likeness (QED) is 0.190. The van der Waals surface area contributed by atoms with E-state index < -0.39 is 0 Å². The fourth-order valence-corrected chi connectivity index (χ4v) is 3.49. The minimum atomic E-state index is -0.0197. The third-order valence-corrected chi connectivity index (χ3v) is 5.38. The predicted octanol–water partition coefficient (Wildman–Crippen LogP) is 6.93. The van der Waals surface area contributed by atoms with E-state index in [-0.39, 0.29) is 11.8 Å². The highest BCUT2D eigenvalue weighted by atomic mass is 16.2. The maximum Gasteiger partial charge on any atom is 0.240 e. The van der Waals surface area contributed by atoms with Gasteiger partial charge in [-0.25, -0.2) is 0 Å². The topological polar surface area (TPSA) is 49.4 Å². The van der Waals surface area contributed by atoms with Gasteiger partial charge < -0.3 is 0 Å². The fourth-order valence-electron chi connectivity index (χ4n) is 3.49.